The Kier molecular flexibility index (Phi) is 1.93. The normalized spacial score (nSPS) is 16.9. The van der Waals surface area contributed by atoms with Crippen molar-refractivity contribution in [2.75, 3.05) is 18.7 Å². The average Bonchev–Trinajstić information content (AvgIpc) is 2.29. The van der Waals surface area contributed by atoms with Gasteiger partial charge in [0.1, 0.15) is 6.61 Å². The van der Waals surface area contributed by atoms with Gasteiger partial charge >= 0.3 is 0 Å². The molecular formula is C8H10N2O2. The van der Waals surface area contributed by atoms with Crippen LogP contribution in [0.3, 0.4) is 0 Å². The van der Waals surface area contributed by atoms with Crippen molar-refractivity contribution in [3.8, 4) is 0 Å². The Morgan fingerprint density at radius 2 is 2.42 bits per heavy atom. The highest BCUT2D eigenvalue weighted by Gasteiger charge is 2.11. The van der Waals surface area contributed by atoms with E-state index in [0.717, 1.165) is 11.3 Å². The van der Waals surface area contributed by atoms with Crippen molar-refractivity contribution < 1.29 is 9.78 Å². The van der Waals surface area contributed by atoms with E-state index in [1.54, 1.807) is 12.4 Å². The molecule has 4 nitrogen and oxygen atoms in total. The standard InChI is InChI=1S/C8H10N2O2/c1-10-6-12-11-5-7-4-9-3-2-8(7)10/h2-4H,5-6H2,1H3. The highest BCUT2D eigenvalue weighted by molar-refractivity contribution is 5.51. The highest BCUT2D eigenvalue weighted by atomic mass is 17.2. The van der Waals surface area contributed by atoms with Crippen molar-refractivity contribution in [2.24, 2.45) is 0 Å². The summed E-state index contributed by atoms with van der Waals surface area (Å²) in [6.07, 6.45) is 3.56. The maximum absolute atomic E-state index is 4.91. The third kappa shape index (κ3) is 1.26. The van der Waals surface area contributed by atoms with E-state index in [-0.39, 0.29) is 0 Å². The molecule has 0 N–H and O–H groups in total. The van der Waals surface area contributed by atoms with E-state index < -0.39 is 0 Å². The number of fused-ring (bicyclic) bond motifs is 1. The van der Waals surface area contributed by atoms with Gasteiger partial charge in [-0.15, -0.1) is 0 Å². The largest absolute Gasteiger partial charge is 0.349 e. The van der Waals surface area contributed by atoms with Crippen molar-refractivity contribution in [1.82, 2.24) is 4.98 Å². The van der Waals surface area contributed by atoms with Crippen LogP contribution < -0.4 is 4.90 Å². The van der Waals surface area contributed by atoms with Crippen LogP contribution in [0, 0.1) is 0 Å². The lowest BCUT2D eigenvalue weighted by atomic mass is 10.2. The highest BCUT2D eigenvalue weighted by Crippen LogP contribution is 2.21. The van der Waals surface area contributed by atoms with Gasteiger partial charge < -0.3 is 4.90 Å². The maximum atomic E-state index is 4.91. The lowest BCUT2D eigenvalue weighted by Crippen LogP contribution is -2.19. The van der Waals surface area contributed by atoms with E-state index in [0.29, 0.717) is 13.3 Å². The number of pyridine rings is 1. The molecule has 12 heavy (non-hydrogen) atoms. The second-order valence-corrected chi connectivity index (χ2v) is 2.71. The maximum Gasteiger partial charge on any atom is 0.154 e. The molecule has 64 valence electrons. The van der Waals surface area contributed by atoms with Crippen LogP contribution in [-0.4, -0.2) is 18.8 Å². The molecule has 1 aliphatic heterocycles. The summed E-state index contributed by atoms with van der Waals surface area (Å²) in [4.78, 5) is 15.8. The second kappa shape index (κ2) is 3.08. The summed E-state index contributed by atoms with van der Waals surface area (Å²) in [6.45, 7) is 0.921. The van der Waals surface area contributed by atoms with Gasteiger partial charge in [-0.3, -0.25) is 4.98 Å². The fraction of sp³-hybridized carbons (Fsp3) is 0.375. The zero-order chi connectivity index (χ0) is 8.39. The number of aromatic nitrogens is 1. The van der Waals surface area contributed by atoms with Gasteiger partial charge in [0, 0.05) is 30.7 Å². The SMILES string of the molecule is CN1COOCc2cnccc21. The molecule has 2 rings (SSSR count). The number of anilines is 1. The Balaban J connectivity index is 2.39. The second-order valence-electron chi connectivity index (χ2n) is 2.71. The first-order chi connectivity index (χ1) is 5.88. The molecule has 0 bridgehead atoms. The lowest BCUT2D eigenvalue weighted by molar-refractivity contribution is -0.299. The van der Waals surface area contributed by atoms with Gasteiger partial charge in [0.05, 0.1) is 0 Å². The molecule has 0 fully saturated rings. The quantitative estimate of drug-likeness (QED) is 0.537. The lowest BCUT2D eigenvalue weighted by Gasteiger charge is -2.15. The average molecular weight is 166 g/mol. The summed E-state index contributed by atoms with van der Waals surface area (Å²) in [7, 11) is 1.95. The third-order valence-electron chi connectivity index (χ3n) is 1.83. The summed E-state index contributed by atoms with van der Waals surface area (Å²) >= 11 is 0. The number of hydrogen-bond acceptors (Lipinski definition) is 4. The van der Waals surface area contributed by atoms with Crippen LogP contribution in [0.25, 0.3) is 0 Å². The molecule has 1 aromatic heterocycles. The Hall–Kier alpha value is -1.13. The molecule has 0 saturated heterocycles. The van der Waals surface area contributed by atoms with Gasteiger partial charge in [-0.25, -0.2) is 9.78 Å². The van der Waals surface area contributed by atoms with E-state index >= 15 is 0 Å². The van der Waals surface area contributed by atoms with Crippen LogP contribution in [0.15, 0.2) is 18.5 Å². The predicted octanol–water partition coefficient (Wildman–Crippen LogP) is 0.937. The topological polar surface area (TPSA) is 34.6 Å². The van der Waals surface area contributed by atoms with Crippen molar-refractivity contribution in [3.63, 3.8) is 0 Å². The minimum absolute atomic E-state index is 0.455. The molecule has 0 aromatic carbocycles. The molecule has 0 aliphatic carbocycles. The van der Waals surface area contributed by atoms with Crippen LogP contribution in [-0.2, 0) is 16.4 Å². The van der Waals surface area contributed by atoms with Crippen molar-refractivity contribution in [1.29, 1.82) is 0 Å². The summed E-state index contributed by atoms with van der Waals surface area (Å²) < 4.78 is 0. The molecule has 0 saturated carbocycles. The minimum atomic E-state index is 0.455. The molecule has 2 heterocycles. The van der Waals surface area contributed by atoms with Crippen LogP contribution in [0.5, 0.6) is 0 Å². The number of hydrogen-bond donors (Lipinski definition) is 0. The Morgan fingerprint density at radius 3 is 3.33 bits per heavy atom. The van der Waals surface area contributed by atoms with Gasteiger partial charge in [-0.1, -0.05) is 0 Å². The first-order valence-corrected chi connectivity index (χ1v) is 3.76. The first-order valence-electron chi connectivity index (χ1n) is 3.76. The monoisotopic (exact) mass is 166 g/mol. The molecule has 4 heteroatoms. The first kappa shape index (κ1) is 7.52. The van der Waals surface area contributed by atoms with Crippen molar-refractivity contribution in [3.05, 3.63) is 24.0 Å². The van der Waals surface area contributed by atoms with Crippen LogP contribution in [0.1, 0.15) is 5.56 Å². The zero-order valence-electron chi connectivity index (χ0n) is 6.86. The van der Waals surface area contributed by atoms with Gasteiger partial charge in [0.15, 0.2) is 6.73 Å². The molecule has 1 aliphatic rings. The van der Waals surface area contributed by atoms with E-state index in [9.17, 15) is 0 Å². The van der Waals surface area contributed by atoms with Gasteiger partial charge in [-0.2, -0.15) is 0 Å². The molecular weight excluding hydrogens is 156 g/mol. The fourth-order valence-corrected chi connectivity index (χ4v) is 1.19. The van der Waals surface area contributed by atoms with E-state index in [1.165, 1.54) is 0 Å². The molecule has 0 spiro atoms. The molecule has 0 atom stereocenters. The zero-order valence-corrected chi connectivity index (χ0v) is 6.86. The smallest absolute Gasteiger partial charge is 0.154 e. The summed E-state index contributed by atoms with van der Waals surface area (Å²) in [5.41, 5.74) is 2.17. The summed E-state index contributed by atoms with van der Waals surface area (Å²) in [5, 5.41) is 0. The molecule has 0 radical (unpaired) electrons. The van der Waals surface area contributed by atoms with E-state index in [2.05, 4.69) is 4.98 Å². The third-order valence-corrected chi connectivity index (χ3v) is 1.83. The van der Waals surface area contributed by atoms with Gasteiger partial charge in [-0.05, 0) is 6.07 Å². The van der Waals surface area contributed by atoms with Crippen LogP contribution >= 0.6 is 0 Å². The van der Waals surface area contributed by atoms with Crippen LogP contribution in [0.4, 0.5) is 5.69 Å². The summed E-state index contributed by atoms with van der Waals surface area (Å²) in [5.74, 6) is 0. The Labute approximate surface area is 70.7 Å². The molecule has 1 aromatic rings. The van der Waals surface area contributed by atoms with Crippen molar-refractivity contribution >= 4 is 5.69 Å². The number of rotatable bonds is 0. The van der Waals surface area contributed by atoms with E-state index in [1.807, 2.05) is 18.0 Å². The predicted molar refractivity (Wildman–Crippen MR) is 43.4 cm³/mol. The fourth-order valence-electron chi connectivity index (χ4n) is 1.19. The van der Waals surface area contributed by atoms with Crippen LogP contribution in [0.2, 0.25) is 0 Å². The summed E-state index contributed by atoms with van der Waals surface area (Å²) in [6, 6.07) is 1.95. The van der Waals surface area contributed by atoms with Crippen molar-refractivity contribution in [2.45, 2.75) is 6.61 Å². The Morgan fingerprint density at radius 1 is 1.50 bits per heavy atom. The van der Waals surface area contributed by atoms with Gasteiger partial charge in [0.2, 0.25) is 0 Å². The minimum Gasteiger partial charge on any atom is -0.349 e. The molecule has 0 unspecified atom stereocenters. The molecule has 0 amide bonds. The number of nitrogens with zero attached hydrogens (tertiary/aromatic N) is 2. The van der Waals surface area contributed by atoms with E-state index in [4.69, 9.17) is 9.78 Å². The Bertz CT molecular complexity index is 278. The van der Waals surface area contributed by atoms with Gasteiger partial charge in [0.25, 0.3) is 0 Å².